The number of aromatic nitrogens is 2. The van der Waals surface area contributed by atoms with Crippen LogP contribution in [0.25, 0.3) is 0 Å². The number of hydrogen-bond acceptors (Lipinski definition) is 4. The summed E-state index contributed by atoms with van der Waals surface area (Å²) in [7, 11) is 0. The van der Waals surface area contributed by atoms with Crippen molar-refractivity contribution < 1.29 is 9.59 Å². The highest BCUT2D eigenvalue weighted by Crippen LogP contribution is 2.30. The van der Waals surface area contributed by atoms with Crippen molar-refractivity contribution in [1.29, 1.82) is 0 Å². The fraction of sp³-hybridized carbons (Fsp3) is 0.308. The molecule has 1 saturated carbocycles. The number of nitrogens with one attached hydrogen (secondary N) is 1. The van der Waals surface area contributed by atoms with Crippen LogP contribution in [0.1, 0.15) is 59.6 Å². The number of carbonyl (C=O) groups is 2. The van der Waals surface area contributed by atoms with Crippen LogP contribution in [0.3, 0.4) is 0 Å². The second-order valence-corrected chi connectivity index (χ2v) is 8.27. The molecule has 1 aliphatic rings. The summed E-state index contributed by atoms with van der Waals surface area (Å²) in [4.78, 5) is 37.2. The zero-order valence-corrected chi connectivity index (χ0v) is 18.3. The third kappa shape index (κ3) is 5.02. The van der Waals surface area contributed by atoms with Crippen LogP contribution in [0.15, 0.2) is 73.3 Å². The molecule has 2 aromatic heterocycles. The van der Waals surface area contributed by atoms with Crippen LogP contribution in [0, 0.1) is 6.92 Å². The van der Waals surface area contributed by atoms with Crippen LogP contribution in [-0.4, -0.2) is 27.8 Å². The van der Waals surface area contributed by atoms with E-state index in [0.29, 0.717) is 11.3 Å². The lowest BCUT2D eigenvalue weighted by Gasteiger charge is -2.33. The predicted molar refractivity (Wildman–Crippen MR) is 124 cm³/mol. The minimum Gasteiger partial charge on any atom is -0.351 e. The number of rotatable bonds is 6. The largest absolute Gasteiger partial charge is 0.351 e. The van der Waals surface area contributed by atoms with E-state index in [1.54, 1.807) is 54.0 Å². The first kappa shape index (κ1) is 21.7. The molecule has 2 heterocycles. The number of hydrogen-bond donors (Lipinski definition) is 1. The van der Waals surface area contributed by atoms with Crippen molar-refractivity contribution in [3.63, 3.8) is 0 Å². The zero-order chi connectivity index (χ0) is 22.3. The van der Waals surface area contributed by atoms with Crippen LogP contribution < -0.4 is 10.2 Å². The second kappa shape index (κ2) is 10.2. The van der Waals surface area contributed by atoms with E-state index in [2.05, 4.69) is 15.3 Å². The highest BCUT2D eigenvalue weighted by molar-refractivity contribution is 6.10. The van der Waals surface area contributed by atoms with E-state index in [0.717, 1.165) is 36.8 Å². The van der Waals surface area contributed by atoms with E-state index in [1.165, 1.54) is 6.42 Å². The maximum atomic E-state index is 13.7. The van der Waals surface area contributed by atoms with Crippen molar-refractivity contribution >= 4 is 17.5 Å². The topological polar surface area (TPSA) is 75.2 Å². The molecule has 164 valence electrons. The summed E-state index contributed by atoms with van der Waals surface area (Å²) in [5.41, 5.74) is 2.94. The number of aryl methyl sites for hydroxylation is 1. The molecule has 32 heavy (non-hydrogen) atoms. The van der Waals surface area contributed by atoms with Gasteiger partial charge >= 0.3 is 0 Å². The van der Waals surface area contributed by atoms with Gasteiger partial charge in [0, 0.05) is 42.1 Å². The first-order chi connectivity index (χ1) is 15.6. The molecule has 1 fully saturated rings. The van der Waals surface area contributed by atoms with Gasteiger partial charge in [-0.3, -0.25) is 24.5 Å². The van der Waals surface area contributed by atoms with Gasteiger partial charge in [0.1, 0.15) is 6.04 Å². The molecule has 6 heteroatoms. The highest BCUT2D eigenvalue weighted by Gasteiger charge is 2.34. The summed E-state index contributed by atoms with van der Waals surface area (Å²) in [5, 5.41) is 3.22. The molecule has 0 spiro atoms. The van der Waals surface area contributed by atoms with Crippen molar-refractivity contribution in [1.82, 2.24) is 15.3 Å². The van der Waals surface area contributed by atoms with Crippen molar-refractivity contribution in [2.75, 3.05) is 4.90 Å². The van der Waals surface area contributed by atoms with Crippen molar-refractivity contribution in [3.8, 4) is 0 Å². The van der Waals surface area contributed by atoms with E-state index in [9.17, 15) is 9.59 Å². The molecule has 0 radical (unpaired) electrons. The third-order valence-corrected chi connectivity index (χ3v) is 5.94. The Bertz CT molecular complexity index is 1030. The van der Waals surface area contributed by atoms with Gasteiger partial charge in [-0.2, -0.15) is 0 Å². The van der Waals surface area contributed by atoms with E-state index < -0.39 is 6.04 Å². The second-order valence-electron chi connectivity index (χ2n) is 8.27. The molecular formula is C26H28N4O2. The van der Waals surface area contributed by atoms with E-state index in [1.807, 2.05) is 31.2 Å². The van der Waals surface area contributed by atoms with Crippen LogP contribution >= 0.6 is 0 Å². The minimum absolute atomic E-state index is 0.136. The van der Waals surface area contributed by atoms with Crippen molar-refractivity contribution in [2.24, 2.45) is 0 Å². The standard InChI is InChI=1S/C26H28N4O2/c1-19-7-9-23(10-8-19)30(26(32)21-13-17-28-18-14-21)24(20-11-15-27-16-12-20)25(31)29-22-5-3-2-4-6-22/h7-18,22,24H,2-6H2,1H3,(H,29,31). The Balaban J connectivity index is 1.77. The first-order valence-electron chi connectivity index (χ1n) is 11.1. The molecule has 6 nitrogen and oxygen atoms in total. The molecule has 0 saturated heterocycles. The van der Waals surface area contributed by atoms with Crippen molar-refractivity contribution in [2.45, 2.75) is 51.1 Å². The smallest absolute Gasteiger partial charge is 0.259 e. The zero-order valence-electron chi connectivity index (χ0n) is 18.3. The predicted octanol–water partition coefficient (Wildman–Crippen LogP) is 4.62. The Hall–Kier alpha value is -3.54. The molecular weight excluding hydrogens is 400 g/mol. The van der Waals surface area contributed by atoms with Crippen LogP contribution in [0.5, 0.6) is 0 Å². The molecule has 1 N–H and O–H groups in total. The summed E-state index contributed by atoms with van der Waals surface area (Å²) in [6, 6.07) is 13.9. The lowest BCUT2D eigenvalue weighted by Crippen LogP contribution is -2.47. The van der Waals surface area contributed by atoms with Crippen LogP contribution in [0.2, 0.25) is 0 Å². The fourth-order valence-corrected chi connectivity index (χ4v) is 4.21. The van der Waals surface area contributed by atoms with Gasteiger partial charge in [0.2, 0.25) is 5.91 Å². The molecule has 3 aromatic rings. The average molecular weight is 429 g/mol. The van der Waals surface area contributed by atoms with Crippen LogP contribution in [-0.2, 0) is 4.79 Å². The van der Waals surface area contributed by atoms with Crippen LogP contribution in [0.4, 0.5) is 5.69 Å². The maximum absolute atomic E-state index is 13.7. The lowest BCUT2D eigenvalue weighted by molar-refractivity contribution is -0.123. The number of amides is 2. The molecule has 2 amide bonds. The number of benzene rings is 1. The van der Waals surface area contributed by atoms with E-state index in [4.69, 9.17) is 0 Å². The molecule has 0 aliphatic heterocycles. The molecule has 1 unspecified atom stereocenters. The summed E-state index contributed by atoms with van der Waals surface area (Å²) >= 11 is 0. The van der Waals surface area contributed by atoms with Gasteiger partial charge in [-0.15, -0.1) is 0 Å². The Morgan fingerprint density at radius 2 is 1.47 bits per heavy atom. The number of pyridine rings is 2. The third-order valence-electron chi connectivity index (χ3n) is 5.94. The van der Waals surface area contributed by atoms with Gasteiger partial charge in [0.15, 0.2) is 0 Å². The Kier molecular flexibility index (Phi) is 6.90. The lowest BCUT2D eigenvalue weighted by atomic mass is 9.94. The summed E-state index contributed by atoms with van der Waals surface area (Å²) in [5.74, 6) is -0.428. The van der Waals surface area contributed by atoms with E-state index >= 15 is 0 Å². The van der Waals surface area contributed by atoms with Crippen molar-refractivity contribution in [3.05, 3.63) is 90.0 Å². The molecule has 1 atom stereocenters. The normalized spacial score (nSPS) is 15.0. The monoisotopic (exact) mass is 428 g/mol. The Morgan fingerprint density at radius 3 is 2.09 bits per heavy atom. The van der Waals surface area contributed by atoms with Gasteiger partial charge in [0.05, 0.1) is 0 Å². The summed E-state index contributed by atoms with van der Waals surface area (Å²) in [6.45, 7) is 1.99. The quantitative estimate of drug-likeness (QED) is 0.622. The van der Waals surface area contributed by atoms with Gasteiger partial charge < -0.3 is 5.32 Å². The van der Waals surface area contributed by atoms with Gasteiger partial charge in [-0.25, -0.2) is 0 Å². The van der Waals surface area contributed by atoms with Gasteiger partial charge in [0.25, 0.3) is 5.91 Å². The average Bonchev–Trinajstić information content (AvgIpc) is 2.84. The number of anilines is 1. The molecule has 0 bridgehead atoms. The fourth-order valence-electron chi connectivity index (χ4n) is 4.21. The number of carbonyl (C=O) groups excluding carboxylic acids is 2. The molecule has 4 rings (SSSR count). The van der Waals surface area contributed by atoms with Gasteiger partial charge in [-0.05, 0) is 61.7 Å². The Labute approximate surface area is 188 Å². The maximum Gasteiger partial charge on any atom is 0.259 e. The van der Waals surface area contributed by atoms with E-state index in [-0.39, 0.29) is 17.9 Å². The van der Waals surface area contributed by atoms with Gasteiger partial charge in [-0.1, -0.05) is 37.0 Å². The SMILES string of the molecule is Cc1ccc(N(C(=O)c2ccncc2)C(C(=O)NC2CCCCC2)c2ccncc2)cc1. The summed E-state index contributed by atoms with van der Waals surface area (Å²) in [6.07, 6.45) is 11.9. The first-order valence-corrected chi connectivity index (χ1v) is 11.1. The summed E-state index contributed by atoms with van der Waals surface area (Å²) < 4.78 is 0. The molecule has 1 aliphatic carbocycles. The molecule has 1 aromatic carbocycles. The minimum atomic E-state index is -0.816. The Morgan fingerprint density at radius 1 is 0.875 bits per heavy atom. The number of nitrogens with zero attached hydrogens (tertiary/aromatic N) is 3. The highest BCUT2D eigenvalue weighted by atomic mass is 16.2.